The molecule has 0 saturated carbocycles. The van der Waals surface area contributed by atoms with E-state index in [0.717, 1.165) is 19.5 Å². The predicted octanol–water partition coefficient (Wildman–Crippen LogP) is 1.52. The normalized spacial score (nSPS) is 35.0. The topological polar surface area (TPSA) is 49.4 Å². The third kappa shape index (κ3) is 3.95. The largest absolute Gasteiger partial charge is 0.311 e. The molecule has 2 rings (SSSR count). The maximum atomic E-state index is 11.8. The number of piperazine rings is 1. The summed E-state index contributed by atoms with van der Waals surface area (Å²) in [6.07, 6.45) is 1.99. The van der Waals surface area contributed by atoms with Crippen LogP contribution in [-0.4, -0.2) is 56.0 Å². The van der Waals surface area contributed by atoms with E-state index < -0.39 is 9.84 Å². The lowest BCUT2D eigenvalue weighted by molar-refractivity contribution is 0.0601. The van der Waals surface area contributed by atoms with Crippen LogP contribution in [0.2, 0.25) is 0 Å². The Bertz CT molecular complexity index is 420. The van der Waals surface area contributed by atoms with Gasteiger partial charge in [0.15, 0.2) is 9.84 Å². The highest BCUT2D eigenvalue weighted by Gasteiger charge is 2.39. The standard InChI is InChI=1S/C15H30N2O2S/c1-11(2)7-13-9-17(15(8-16-13)12(3)4)14-5-6-20(18,19)10-14/h11-16H,5-10H2,1-4H3. The molecule has 0 radical (unpaired) electrons. The lowest BCUT2D eigenvalue weighted by atomic mass is 9.93. The molecule has 5 heteroatoms. The van der Waals surface area contributed by atoms with Crippen molar-refractivity contribution < 1.29 is 8.42 Å². The zero-order valence-corrected chi connectivity index (χ0v) is 14.1. The smallest absolute Gasteiger partial charge is 0.151 e. The van der Waals surface area contributed by atoms with Crippen LogP contribution in [-0.2, 0) is 9.84 Å². The predicted molar refractivity (Wildman–Crippen MR) is 83.6 cm³/mol. The molecule has 0 amide bonds. The molecule has 20 heavy (non-hydrogen) atoms. The van der Waals surface area contributed by atoms with Gasteiger partial charge >= 0.3 is 0 Å². The second-order valence-electron chi connectivity index (χ2n) is 7.30. The van der Waals surface area contributed by atoms with Crippen molar-refractivity contribution in [2.24, 2.45) is 11.8 Å². The lowest BCUT2D eigenvalue weighted by Crippen LogP contribution is -2.61. The van der Waals surface area contributed by atoms with E-state index in [0.29, 0.717) is 35.4 Å². The first-order valence-corrected chi connectivity index (χ1v) is 9.80. The molecule has 0 aromatic carbocycles. The number of nitrogens with one attached hydrogen (secondary N) is 1. The molecule has 2 saturated heterocycles. The van der Waals surface area contributed by atoms with Crippen LogP contribution in [0.25, 0.3) is 0 Å². The summed E-state index contributed by atoms with van der Waals surface area (Å²) in [4.78, 5) is 2.50. The van der Waals surface area contributed by atoms with Crippen molar-refractivity contribution in [3.8, 4) is 0 Å². The van der Waals surface area contributed by atoms with Gasteiger partial charge in [-0.1, -0.05) is 27.7 Å². The molecule has 3 unspecified atom stereocenters. The van der Waals surface area contributed by atoms with Crippen molar-refractivity contribution in [3.05, 3.63) is 0 Å². The fourth-order valence-corrected chi connectivity index (χ4v) is 5.40. The number of hydrogen-bond donors (Lipinski definition) is 1. The third-order valence-corrected chi connectivity index (χ3v) is 6.43. The quantitative estimate of drug-likeness (QED) is 0.855. The van der Waals surface area contributed by atoms with Crippen molar-refractivity contribution in [3.63, 3.8) is 0 Å². The Labute approximate surface area is 124 Å². The molecule has 0 aromatic rings. The highest BCUT2D eigenvalue weighted by molar-refractivity contribution is 7.91. The second kappa shape index (κ2) is 6.32. The molecular weight excluding hydrogens is 272 g/mol. The van der Waals surface area contributed by atoms with Gasteiger partial charge in [-0.15, -0.1) is 0 Å². The molecule has 0 aromatic heterocycles. The van der Waals surface area contributed by atoms with Crippen molar-refractivity contribution in [1.82, 2.24) is 10.2 Å². The van der Waals surface area contributed by atoms with Crippen LogP contribution < -0.4 is 5.32 Å². The monoisotopic (exact) mass is 302 g/mol. The molecule has 2 aliphatic rings. The van der Waals surface area contributed by atoms with Crippen LogP contribution in [0.1, 0.15) is 40.5 Å². The van der Waals surface area contributed by atoms with Crippen LogP contribution >= 0.6 is 0 Å². The summed E-state index contributed by atoms with van der Waals surface area (Å²) < 4.78 is 23.6. The van der Waals surface area contributed by atoms with Gasteiger partial charge in [0.05, 0.1) is 11.5 Å². The molecule has 2 aliphatic heterocycles. The minimum absolute atomic E-state index is 0.240. The molecule has 1 N–H and O–H groups in total. The highest BCUT2D eigenvalue weighted by atomic mass is 32.2. The van der Waals surface area contributed by atoms with Crippen LogP contribution in [0.4, 0.5) is 0 Å². The SMILES string of the molecule is CC(C)CC1CN(C2CCS(=O)(=O)C2)C(C(C)C)CN1. The molecule has 0 bridgehead atoms. The number of rotatable bonds is 4. The van der Waals surface area contributed by atoms with Gasteiger partial charge in [0.25, 0.3) is 0 Å². The number of sulfone groups is 1. The molecule has 3 atom stereocenters. The van der Waals surface area contributed by atoms with Crippen LogP contribution in [0.3, 0.4) is 0 Å². The van der Waals surface area contributed by atoms with Crippen LogP contribution in [0.15, 0.2) is 0 Å². The lowest BCUT2D eigenvalue weighted by Gasteiger charge is -2.45. The van der Waals surface area contributed by atoms with Crippen molar-refractivity contribution in [2.75, 3.05) is 24.6 Å². The van der Waals surface area contributed by atoms with E-state index in [4.69, 9.17) is 0 Å². The minimum Gasteiger partial charge on any atom is -0.311 e. The fraction of sp³-hybridized carbons (Fsp3) is 1.00. The van der Waals surface area contributed by atoms with E-state index in [1.807, 2.05) is 0 Å². The summed E-state index contributed by atoms with van der Waals surface area (Å²) in [6.45, 7) is 11.0. The first-order valence-electron chi connectivity index (χ1n) is 7.98. The Morgan fingerprint density at radius 2 is 1.95 bits per heavy atom. The molecule has 4 nitrogen and oxygen atoms in total. The van der Waals surface area contributed by atoms with Crippen molar-refractivity contribution in [2.45, 2.75) is 58.7 Å². The summed E-state index contributed by atoms with van der Waals surface area (Å²) in [7, 11) is -2.80. The van der Waals surface area contributed by atoms with Crippen molar-refractivity contribution >= 4 is 9.84 Å². The second-order valence-corrected chi connectivity index (χ2v) is 9.53. The van der Waals surface area contributed by atoms with E-state index >= 15 is 0 Å². The number of nitrogens with zero attached hydrogens (tertiary/aromatic N) is 1. The van der Waals surface area contributed by atoms with Crippen molar-refractivity contribution in [1.29, 1.82) is 0 Å². The van der Waals surface area contributed by atoms with E-state index in [9.17, 15) is 8.42 Å². The van der Waals surface area contributed by atoms with Gasteiger partial charge in [0, 0.05) is 31.2 Å². The van der Waals surface area contributed by atoms with E-state index in [1.165, 1.54) is 6.42 Å². The summed E-state index contributed by atoms with van der Waals surface area (Å²) in [5, 5.41) is 3.66. The molecule has 118 valence electrons. The molecular formula is C15H30N2O2S. The molecule has 0 aliphatic carbocycles. The molecule has 2 fully saturated rings. The minimum atomic E-state index is -2.80. The summed E-state index contributed by atoms with van der Waals surface area (Å²) in [5.41, 5.74) is 0. The van der Waals surface area contributed by atoms with Crippen LogP contribution in [0, 0.1) is 11.8 Å². The van der Waals surface area contributed by atoms with Gasteiger partial charge in [-0.05, 0) is 24.7 Å². The van der Waals surface area contributed by atoms with Gasteiger partial charge in [-0.25, -0.2) is 8.42 Å². The average molecular weight is 302 g/mol. The summed E-state index contributed by atoms with van der Waals surface area (Å²) in [6, 6.07) is 1.22. The van der Waals surface area contributed by atoms with Crippen LogP contribution in [0.5, 0.6) is 0 Å². The van der Waals surface area contributed by atoms with Gasteiger partial charge in [-0.2, -0.15) is 0 Å². The number of hydrogen-bond acceptors (Lipinski definition) is 4. The Hall–Kier alpha value is -0.130. The Balaban J connectivity index is 2.07. The zero-order chi connectivity index (χ0) is 14.9. The van der Waals surface area contributed by atoms with Gasteiger partial charge < -0.3 is 5.32 Å². The van der Waals surface area contributed by atoms with Gasteiger partial charge in [0.1, 0.15) is 0 Å². The average Bonchev–Trinajstić information content (AvgIpc) is 2.68. The third-order valence-electron chi connectivity index (χ3n) is 4.68. The first kappa shape index (κ1) is 16.2. The van der Waals surface area contributed by atoms with Gasteiger partial charge in [0.2, 0.25) is 0 Å². The Morgan fingerprint density at radius 3 is 2.45 bits per heavy atom. The Kier molecular flexibility index (Phi) is 5.14. The fourth-order valence-electron chi connectivity index (χ4n) is 3.66. The highest BCUT2D eigenvalue weighted by Crippen LogP contribution is 2.26. The summed E-state index contributed by atoms with van der Waals surface area (Å²) >= 11 is 0. The van der Waals surface area contributed by atoms with E-state index in [1.54, 1.807) is 0 Å². The molecule has 0 spiro atoms. The van der Waals surface area contributed by atoms with E-state index in [2.05, 4.69) is 37.9 Å². The Morgan fingerprint density at radius 1 is 1.25 bits per heavy atom. The maximum absolute atomic E-state index is 11.8. The molecule has 2 heterocycles. The first-order chi connectivity index (χ1) is 9.28. The summed E-state index contributed by atoms with van der Waals surface area (Å²) in [5.74, 6) is 1.98. The van der Waals surface area contributed by atoms with Gasteiger partial charge in [-0.3, -0.25) is 4.90 Å². The zero-order valence-electron chi connectivity index (χ0n) is 13.3. The maximum Gasteiger partial charge on any atom is 0.151 e. The van der Waals surface area contributed by atoms with E-state index in [-0.39, 0.29) is 6.04 Å².